The maximum atomic E-state index is 13.8. The second kappa shape index (κ2) is 5.21. The summed E-state index contributed by atoms with van der Waals surface area (Å²) in [5.74, 6) is -0.661. The van der Waals surface area contributed by atoms with Crippen LogP contribution in [0.1, 0.15) is 11.1 Å². The average molecular weight is 291 g/mol. The third-order valence-corrected chi connectivity index (χ3v) is 3.75. The number of fused-ring (bicyclic) bond motifs is 1. The Kier molecular flexibility index (Phi) is 3.40. The second-order valence-electron chi connectivity index (χ2n) is 4.69. The molecule has 1 aliphatic rings. The van der Waals surface area contributed by atoms with Crippen molar-refractivity contribution in [1.29, 1.82) is 0 Å². The number of hydrogen-bond donors (Lipinski definition) is 0. The molecule has 1 amide bonds. The van der Waals surface area contributed by atoms with E-state index in [1.54, 1.807) is 29.4 Å². The molecule has 102 valence electrons. The molecule has 3 nitrogen and oxygen atoms in total. The summed E-state index contributed by atoms with van der Waals surface area (Å²) >= 11 is 5.73. The molecular formula is C15H12ClFN2O. The Morgan fingerprint density at radius 1 is 1.40 bits per heavy atom. The normalized spacial score (nSPS) is 13.4. The predicted octanol–water partition coefficient (Wildman–Crippen LogP) is 3.01. The summed E-state index contributed by atoms with van der Waals surface area (Å²) in [5.41, 5.74) is 2.24. The van der Waals surface area contributed by atoms with E-state index in [0.717, 1.165) is 17.7 Å². The van der Waals surface area contributed by atoms with Crippen molar-refractivity contribution in [3.05, 3.63) is 58.6 Å². The first-order chi connectivity index (χ1) is 9.66. The summed E-state index contributed by atoms with van der Waals surface area (Å²) in [6, 6.07) is 6.61. The standard InChI is InChI=1S/C15H12ClFN2O/c16-12-3-1-2-11(15(12)17)8-14(20)19-7-5-10-4-6-18-9-13(10)19/h1-4,6,9H,5,7-8H2. The summed E-state index contributed by atoms with van der Waals surface area (Å²) in [6.45, 7) is 0.613. The van der Waals surface area contributed by atoms with Crippen LogP contribution in [0.25, 0.3) is 0 Å². The molecule has 0 fully saturated rings. The third-order valence-electron chi connectivity index (χ3n) is 3.46. The van der Waals surface area contributed by atoms with Gasteiger partial charge < -0.3 is 4.90 Å². The van der Waals surface area contributed by atoms with Gasteiger partial charge in [0.15, 0.2) is 0 Å². The van der Waals surface area contributed by atoms with Crippen molar-refractivity contribution in [2.75, 3.05) is 11.4 Å². The number of nitrogens with zero attached hydrogens (tertiary/aromatic N) is 2. The van der Waals surface area contributed by atoms with Crippen molar-refractivity contribution < 1.29 is 9.18 Å². The fourth-order valence-corrected chi connectivity index (χ4v) is 2.62. The number of benzene rings is 1. The van der Waals surface area contributed by atoms with Gasteiger partial charge in [-0.1, -0.05) is 23.7 Å². The zero-order chi connectivity index (χ0) is 14.1. The predicted molar refractivity (Wildman–Crippen MR) is 75.4 cm³/mol. The summed E-state index contributed by atoms with van der Waals surface area (Å²) in [7, 11) is 0. The Labute approximate surface area is 121 Å². The Hall–Kier alpha value is -1.94. The molecule has 0 spiro atoms. The van der Waals surface area contributed by atoms with E-state index >= 15 is 0 Å². The molecule has 2 aromatic rings. The van der Waals surface area contributed by atoms with Crippen LogP contribution < -0.4 is 4.90 Å². The van der Waals surface area contributed by atoms with Crippen molar-refractivity contribution in [2.45, 2.75) is 12.8 Å². The fraction of sp³-hybridized carbons (Fsp3) is 0.200. The first-order valence-corrected chi connectivity index (χ1v) is 6.71. The van der Waals surface area contributed by atoms with Crippen molar-refractivity contribution in [3.63, 3.8) is 0 Å². The number of amides is 1. The van der Waals surface area contributed by atoms with Crippen molar-refractivity contribution >= 4 is 23.2 Å². The van der Waals surface area contributed by atoms with E-state index in [4.69, 9.17) is 11.6 Å². The molecule has 1 aromatic heterocycles. The third kappa shape index (κ3) is 2.27. The molecule has 5 heteroatoms. The van der Waals surface area contributed by atoms with E-state index in [1.807, 2.05) is 6.07 Å². The monoisotopic (exact) mass is 290 g/mol. The van der Waals surface area contributed by atoms with Gasteiger partial charge in [0.25, 0.3) is 0 Å². The molecule has 0 atom stereocenters. The first-order valence-electron chi connectivity index (χ1n) is 6.33. The van der Waals surface area contributed by atoms with E-state index < -0.39 is 5.82 Å². The number of carbonyl (C=O) groups is 1. The lowest BCUT2D eigenvalue weighted by Crippen LogP contribution is -2.30. The molecule has 0 aliphatic carbocycles. The number of carbonyl (C=O) groups excluding carboxylic acids is 1. The van der Waals surface area contributed by atoms with Crippen molar-refractivity contribution in [1.82, 2.24) is 4.98 Å². The minimum Gasteiger partial charge on any atom is -0.310 e. The number of halogens is 2. The molecule has 0 bridgehead atoms. The lowest BCUT2D eigenvalue weighted by atomic mass is 10.1. The van der Waals surface area contributed by atoms with Gasteiger partial charge in [-0.3, -0.25) is 9.78 Å². The highest BCUT2D eigenvalue weighted by Gasteiger charge is 2.25. The quantitative estimate of drug-likeness (QED) is 0.852. The maximum absolute atomic E-state index is 13.8. The van der Waals surface area contributed by atoms with E-state index in [9.17, 15) is 9.18 Å². The first kappa shape index (κ1) is 13.1. The van der Waals surface area contributed by atoms with Crippen LogP contribution in [-0.4, -0.2) is 17.4 Å². The van der Waals surface area contributed by atoms with Crippen LogP contribution >= 0.6 is 11.6 Å². The molecule has 3 rings (SSSR count). The topological polar surface area (TPSA) is 33.2 Å². The zero-order valence-corrected chi connectivity index (χ0v) is 11.4. The van der Waals surface area contributed by atoms with Gasteiger partial charge in [0.2, 0.25) is 5.91 Å². The smallest absolute Gasteiger partial charge is 0.231 e. The van der Waals surface area contributed by atoms with Crippen molar-refractivity contribution in [3.8, 4) is 0 Å². The Morgan fingerprint density at radius 3 is 3.10 bits per heavy atom. The van der Waals surface area contributed by atoms with Crippen LogP contribution in [0.4, 0.5) is 10.1 Å². The summed E-state index contributed by atoms with van der Waals surface area (Å²) < 4.78 is 13.8. The largest absolute Gasteiger partial charge is 0.310 e. The van der Waals surface area contributed by atoms with Gasteiger partial charge in [-0.15, -0.1) is 0 Å². The number of pyridine rings is 1. The molecule has 0 N–H and O–H groups in total. The lowest BCUT2D eigenvalue weighted by Gasteiger charge is -2.17. The van der Waals surface area contributed by atoms with Gasteiger partial charge in [-0.2, -0.15) is 0 Å². The molecule has 0 radical (unpaired) electrons. The summed E-state index contributed by atoms with van der Waals surface area (Å²) in [4.78, 5) is 18.0. The minimum atomic E-state index is -0.520. The Morgan fingerprint density at radius 2 is 2.25 bits per heavy atom. The highest BCUT2D eigenvalue weighted by Crippen LogP contribution is 2.27. The highest BCUT2D eigenvalue weighted by atomic mass is 35.5. The molecule has 0 unspecified atom stereocenters. The molecule has 1 aromatic carbocycles. The SMILES string of the molecule is O=C(Cc1cccc(Cl)c1F)N1CCc2ccncc21. The van der Waals surface area contributed by atoms with Gasteiger partial charge >= 0.3 is 0 Å². The number of aromatic nitrogens is 1. The lowest BCUT2D eigenvalue weighted by molar-refractivity contribution is -0.117. The van der Waals surface area contributed by atoms with Crippen LogP contribution in [0.15, 0.2) is 36.7 Å². The van der Waals surface area contributed by atoms with E-state index in [-0.39, 0.29) is 17.4 Å². The van der Waals surface area contributed by atoms with Gasteiger partial charge in [0, 0.05) is 12.7 Å². The molecule has 1 aliphatic heterocycles. The Balaban J connectivity index is 1.83. The molecule has 0 saturated heterocycles. The molecular weight excluding hydrogens is 279 g/mol. The molecule has 0 saturated carbocycles. The fourth-order valence-electron chi connectivity index (χ4n) is 2.42. The van der Waals surface area contributed by atoms with Crippen LogP contribution in [0.5, 0.6) is 0 Å². The highest BCUT2D eigenvalue weighted by molar-refractivity contribution is 6.30. The molecule has 20 heavy (non-hydrogen) atoms. The van der Waals surface area contributed by atoms with E-state index in [0.29, 0.717) is 12.1 Å². The van der Waals surface area contributed by atoms with Gasteiger partial charge in [0.1, 0.15) is 5.82 Å². The zero-order valence-electron chi connectivity index (χ0n) is 10.6. The number of anilines is 1. The average Bonchev–Trinajstić information content (AvgIpc) is 2.88. The van der Waals surface area contributed by atoms with Crippen molar-refractivity contribution in [2.24, 2.45) is 0 Å². The molecule has 2 heterocycles. The maximum Gasteiger partial charge on any atom is 0.231 e. The van der Waals surface area contributed by atoms with Gasteiger partial charge in [-0.05, 0) is 29.7 Å². The van der Waals surface area contributed by atoms with E-state index in [2.05, 4.69) is 4.98 Å². The second-order valence-corrected chi connectivity index (χ2v) is 5.10. The number of rotatable bonds is 2. The summed E-state index contributed by atoms with van der Waals surface area (Å²) in [6.07, 6.45) is 4.19. The van der Waals surface area contributed by atoms with Crippen LogP contribution in [-0.2, 0) is 17.6 Å². The van der Waals surface area contributed by atoms with Crippen LogP contribution in [0, 0.1) is 5.82 Å². The number of hydrogen-bond acceptors (Lipinski definition) is 2. The summed E-state index contributed by atoms with van der Waals surface area (Å²) in [5, 5.41) is 0.0405. The van der Waals surface area contributed by atoms with Crippen LogP contribution in [0.2, 0.25) is 5.02 Å². The van der Waals surface area contributed by atoms with Gasteiger partial charge in [0.05, 0.1) is 23.3 Å². The van der Waals surface area contributed by atoms with Gasteiger partial charge in [-0.25, -0.2) is 4.39 Å². The van der Waals surface area contributed by atoms with Crippen LogP contribution in [0.3, 0.4) is 0 Å². The van der Waals surface area contributed by atoms with E-state index in [1.165, 1.54) is 6.07 Å². The minimum absolute atomic E-state index is 0.000722. The Bertz CT molecular complexity index is 675.